The van der Waals surface area contributed by atoms with Crippen LogP contribution in [-0.4, -0.2) is 60.5 Å². The van der Waals surface area contributed by atoms with Gasteiger partial charge < -0.3 is 9.84 Å². The first kappa shape index (κ1) is 16.8. The van der Waals surface area contributed by atoms with Crippen molar-refractivity contribution in [3.8, 4) is 0 Å². The summed E-state index contributed by atoms with van der Waals surface area (Å²) in [6, 6.07) is 0. The summed E-state index contributed by atoms with van der Waals surface area (Å²) in [6.45, 7) is 8.95. The zero-order valence-corrected chi connectivity index (χ0v) is 14.9. The molecule has 22 heavy (non-hydrogen) atoms. The van der Waals surface area contributed by atoms with E-state index < -0.39 is 0 Å². The van der Waals surface area contributed by atoms with E-state index >= 15 is 0 Å². The van der Waals surface area contributed by atoms with Crippen LogP contribution in [0.1, 0.15) is 33.1 Å². The van der Waals surface area contributed by atoms with Crippen LogP contribution in [-0.2, 0) is 4.74 Å². The molecule has 2 bridgehead atoms. The summed E-state index contributed by atoms with van der Waals surface area (Å²) in [7, 11) is 0. The quantitative estimate of drug-likeness (QED) is 0.761. The van der Waals surface area contributed by atoms with Gasteiger partial charge in [0.2, 0.25) is 0 Å². The van der Waals surface area contributed by atoms with Crippen LogP contribution in [0.3, 0.4) is 0 Å². The van der Waals surface area contributed by atoms with Crippen molar-refractivity contribution in [3.05, 3.63) is 11.6 Å². The Hall–Kier alpha value is -0.0300. The summed E-state index contributed by atoms with van der Waals surface area (Å²) in [5, 5.41) is 10.2. The number of hydrogen-bond acceptors (Lipinski definition) is 4. The van der Waals surface area contributed by atoms with Crippen LogP contribution >= 0.6 is 11.8 Å². The van der Waals surface area contributed by atoms with Crippen molar-refractivity contribution in [1.29, 1.82) is 0 Å². The lowest BCUT2D eigenvalue weighted by Crippen LogP contribution is -2.48. The molecule has 3 aliphatic carbocycles. The van der Waals surface area contributed by atoms with Gasteiger partial charge in [-0.05, 0) is 54.4 Å². The van der Waals surface area contributed by atoms with Crippen molar-refractivity contribution in [1.82, 2.24) is 4.90 Å². The zero-order valence-electron chi connectivity index (χ0n) is 14.1. The molecular formula is C18H31NO2S. The van der Waals surface area contributed by atoms with Crippen molar-refractivity contribution in [3.63, 3.8) is 0 Å². The van der Waals surface area contributed by atoms with E-state index in [9.17, 15) is 5.11 Å². The number of nitrogens with zero attached hydrogens (tertiary/aromatic N) is 1. The molecule has 0 aromatic heterocycles. The molecule has 1 saturated carbocycles. The number of thioether (sulfide) groups is 1. The largest absolute Gasteiger partial charge is 0.389 e. The maximum Gasteiger partial charge on any atom is 0.0900 e. The van der Waals surface area contributed by atoms with Gasteiger partial charge in [0.05, 0.1) is 19.3 Å². The molecule has 126 valence electrons. The first-order valence-electron chi connectivity index (χ1n) is 8.82. The second kappa shape index (κ2) is 7.25. The van der Waals surface area contributed by atoms with Gasteiger partial charge in [0.25, 0.3) is 0 Å². The zero-order chi connectivity index (χ0) is 15.6. The topological polar surface area (TPSA) is 32.7 Å². The summed E-state index contributed by atoms with van der Waals surface area (Å²) >= 11 is 2.03. The second-order valence-corrected chi connectivity index (χ2v) is 8.98. The summed E-state index contributed by atoms with van der Waals surface area (Å²) in [6.07, 6.45) is 5.84. The molecule has 3 atom stereocenters. The number of rotatable bonds is 6. The summed E-state index contributed by atoms with van der Waals surface area (Å²) in [5.74, 6) is 4.05. The van der Waals surface area contributed by atoms with Crippen molar-refractivity contribution >= 4 is 11.8 Å². The molecule has 1 heterocycles. The van der Waals surface area contributed by atoms with Gasteiger partial charge in [-0.1, -0.05) is 19.9 Å². The summed E-state index contributed by atoms with van der Waals surface area (Å²) in [5.41, 5.74) is 1.95. The predicted molar refractivity (Wildman–Crippen MR) is 93.3 cm³/mol. The third-order valence-electron chi connectivity index (χ3n) is 5.95. The molecule has 4 heteroatoms. The van der Waals surface area contributed by atoms with Crippen LogP contribution in [0.2, 0.25) is 0 Å². The number of hydrogen-bond donors (Lipinski definition) is 1. The van der Waals surface area contributed by atoms with E-state index in [-0.39, 0.29) is 6.10 Å². The normalized spacial score (nSPS) is 32.8. The molecule has 3 nitrogen and oxygen atoms in total. The highest BCUT2D eigenvalue weighted by Crippen LogP contribution is 2.59. The number of β-amino-alcohol motifs (C(OH)–C–C–N with tert-alkyl or cyclic N) is 1. The molecule has 4 aliphatic rings. The van der Waals surface area contributed by atoms with E-state index in [0.717, 1.165) is 25.6 Å². The Bertz CT molecular complexity index is 402. The fourth-order valence-corrected chi connectivity index (χ4v) is 5.21. The van der Waals surface area contributed by atoms with Crippen molar-refractivity contribution in [2.24, 2.45) is 17.3 Å². The Morgan fingerprint density at radius 1 is 1.41 bits per heavy atom. The minimum Gasteiger partial charge on any atom is -0.389 e. The van der Waals surface area contributed by atoms with E-state index in [2.05, 4.69) is 24.8 Å². The van der Waals surface area contributed by atoms with Gasteiger partial charge in [-0.3, -0.25) is 4.90 Å². The summed E-state index contributed by atoms with van der Waals surface area (Å²) < 4.78 is 5.85. The lowest BCUT2D eigenvalue weighted by molar-refractivity contribution is -0.0259. The van der Waals surface area contributed by atoms with Crippen LogP contribution < -0.4 is 0 Å². The molecular weight excluding hydrogens is 294 g/mol. The van der Waals surface area contributed by atoms with Crippen molar-refractivity contribution in [2.45, 2.75) is 39.2 Å². The van der Waals surface area contributed by atoms with Crippen LogP contribution in [0.4, 0.5) is 0 Å². The highest BCUT2D eigenvalue weighted by molar-refractivity contribution is 7.99. The average Bonchev–Trinajstić information content (AvgIpc) is 2.76. The van der Waals surface area contributed by atoms with E-state index in [0.29, 0.717) is 24.5 Å². The van der Waals surface area contributed by atoms with Gasteiger partial charge in [0, 0.05) is 18.8 Å². The van der Waals surface area contributed by atoms with E-state index in [4.69, 9.17) is 4.74 Å². The smallest absolute Gasteiger partial charge is 0.0900 e. The van der Waals surface area contributed by atoms with Gasteiger partial charge in [0.1, 0.15) is 0 Å². The second-order valence-electron chi connectivity index (χ2n) is 7.76. The molecule has 1 aliphatic heterocycles. The predicted octanol–water partition coefficient (Wildman–Crippen LogP) is 2.80. The van der Waals surface area contributed by atoms with Crippen molar-refractivity contribution < 1.29 is 9.84 Å². The number of fused-ring (bicyclic) bond motifs is 1. The fraction of sp³-hybridized carbons (Fsp3) is 0.889. The molecule has 0 aromatic carbocycles. The first-order chi connectivity index (χ1) is 10.6. The van der Waals surface area contributed by atoms with Gasteiger partial charge >= 0.3 is 0 Å². The highest BCUT2D eigenvalue weighted by Gasteiger charge is 2.50. The minimum absolute atomic E-state index is 0.352. The maximum atomic E-state index is 10.2. The van der Waals surface area contributed by atoms with Crippen LogP contribution in [0.15, 0.2) is 11.6 Å². The number of aliphatic hydroxyl groups is 1. The first-order valence-corrected chi connectivity index (χ1v) is 9.97. The van der Waals surface area contributed by atoms with Gasteiger partial charge in [-0.15, -0.1) is 0 Å². The Balaban J connectivity index is 1.37. The Morgan fingerprint density at radius 2 is 2.27 bits per heavy atom. The molecule has 1 N–H and O–H groups in total. The molecule has 0 amide bonds. The molecule has 2 fully saturated rings. The highest BCUT2D eigenvalue weighted by atomic mass is 32.2. The van der Waals surface area contributed by atoms with Crippen molar-refractivity contribution in [2.75, 3.05) is 44.4 Å². The fourth-order valence-electron chi connectivity index (χ4n) is 4.28. The Morgan fingerprint density at radius 3 is 3.05 bits per heavy atom. The average molecular weight is 326 g/mol. The van der Waals surface area contributed by atoms with Gasteiger partial charge in [-0.25, -0.2) is 0 Å². The van der Waals surface area contributed by atoms with Crippen LogP contribution in [0.25, 0.3) is 0 Å². The minimum atomic E-state index is -0.352. The maximum absolute atomic E-state index is 10.2. The van der Waals surface area contributed by atoms with Crippen LogP contribution in [0, 0.1) is 17.3 Å². The van der Waals surface area contributed by atoms with E-state index in [1.807, 2.05) is 11.8 Å². The third kappa shape index (κ3) is 3.72. The monoisotopic (exact) mass is 325 g/mol. The SMILES string of the molecule is CC1(C)C2CC=C(COCC(O)CN3CCCSCC3)C1C2. The molecule has 0 radical (unpaired) electrons. The van der Waals surface area contributed by atoms with E-state index in [1.54, 1.807) is 0 Å². The summed E-state index contributed by atoms with van der Waals surface area (Å²) in [4.78, 5) is 2.38. The van der Waals surface area contributed by atoms with Gasteiger partial charge in [-0.2, -0.15) is 11.8 Å². The molecule has 1 saturated heterocycles. The number of allylic oxidation sites excluding steroid dienone is 1. The number of aliphatic hydroxyl groups excluding tert-OH is 1. The van der Waals surface area contributed by atoms with Gasteiger partial charge in [0.15, 0.2) is 0 Å². The molecule has 3 unspecified atom stereocenters. The standard InChI is InChI=1S/C18H31NO2S/c1-18(2)15-5-4-14(17(18)10-15)12-21-13-16(20)11-19-6-3-8-22-9-7-19/h4,15-17,20H,3,5-13H2,1-2H3. The Labute approximate surface area is 139 Å². The molecule has 4 rings (SSSR count). The third-order valence-corrected chi connectivity index (χ3v) is 6.99. The number of ether oxygens (including phenoxy) is 1. The lowest BCUT2D eigenvalue weighted by Gasteiger charge is -2.56. The van der Waals surface area contributed by atoms with E-state index in [1.165, 1.54) is 36.3 Å². The molecule has 0 aromatic rings. The molecule has 0 spiro atoms. The van der Waals surface area contributed by atoms with Crippen LogP contribution in [0.5, 0.6) is 0 Å². The Kier molecular flexibility index (Phi) is 5.54. The lowest BCUT2D eigenvalue weighted by atomic mass is 9.49.